The van der Waals surface area contributed by atoms with E-state index in [1.54, 1.807) is 14.1 Å². The van der Waals surface area contributed by atoms with Crippen LogP contribution in [0, 0.1) is 0 Å². The molecule has 6 nitrogen and oxygen atoms in total. The third-order valence-electron chi connectivity index (χ3n) is 2.47. The Balaban J connectivity index is 2.16. The van der Waals surface area contributed by atoms with E-state index in [1.807, 2.05) is 0 Å². The molecule has 1 aromatic heterocycles. The number of carbonyl (C=O) groups excluding carboxylic acids is 1. The summed E-state index contributed by atoms with van der Waals surface area (Å²) in [6.45, 7) is 0. The van der Waals surface area contributed by atoms with Crippen LogP contribution in [0.25, 0.3) is 11.4 Å². The van der Waals surface area contributed by atoms with E-state index in [0.717, 1.165) is 0 Å². The van der Waals surface area contributed by atoms with Gasteiger partial charge in [0.2, 0.25) is 5.82 Å². The molecule has 2 amide bonds. The lowest BCUT2D eigenvalue weighted by molar-refractivity contribution is -0.159. The summed E-state index contributed by atoms with van der Waals surface area (Å²) in [6, 6.07) is 5.70. The minimum absolute atomic E-state index is 0.173. The van der Waals surface area contributed by atoms with Crippen molar-refractivity contribution in [2.45, 2.75) is 6.18 Å². The highest BCUT2D eigenvalue weighted by Gasteiger charge is 2.38. The van der Waals surface area contributed by atoms with Gasteiger partial charge in [0.1, 0.15) is 0 Å². The molecule has 9 heteroatoms. The Bertz CT molecular complexity index is 635. The van der Waals surface area contributed by atoms with E-state index >= 15 is 0 Å². The van der Waals surface area contributed by atoms with Crippen LogP contribution in [0.15, 0.2) is 28.8 Å². The van der Waals surface area contributed by atoms with Crippen LogP contribution in [0.4, 0.5) is 23.7 Å². The third kappa shape index (κ3) is 3.50. The van der Waals surface area contributed by atoms with Crippen LogP contribution in [0.1, 0.15) is 5.89 Å². The number of alkyl halides is 3. The van der Waals surface area contributed by atoms with Crippen molar-refractivity contribution in [2.75, 3.05) is 19.4 Å². The second-order valence-electron chi connectivity index (χ2n) is 4.32. The summed E-state index contributed by atoms with van der Waals surface area (Å²) in [5.41, 5.74) is 0.842. The largest absolute Gasteiger partial charge is 0.471 e. The van der Waals surface area contributed by atoms with Crippen LogP contribution in [-0.4, -0.2) is 35.2 Å². The highest BCUT2D eigenvalue weighted by molar-refractivity contribution is 5.89. The minimum Gasteiger partial charge on any atom is -0.331 e. The summed E-state index contributed by atoms with van der Waals surface area (Å²) < 4.78 is 41.2. The number of hydrogen-bond acceptors (Lipinski definition) is 4. The number of nitrogens with one attached hydrogen (secondary N) is 1. The molecular weight excluding hydrogens is 289 g/mol. The van der Waals surface area contributed by atoms with Gasteiger partial charge in [0, 0.05) is 25.3 Å². The predicted molar refractivity (Wildman–Crippen MR) is 67.4 cm³/mol. The first-order valence-corrected chi connectivity index (χ1v) is 5.77. The molecule has 0 unspecified atom stereocenters. The van der Waals surface area contributed by atoms with E-state index in [1.165, 1.54) is 29.2 Å². The van der Waals surface area contributed by atoms with Crippen LogP contribution < -0.4 is 5.32 Å². The van der Waals surface area contributed by atoms with Crippen molar-refractivity contribution in [3.05, 3.63) is 30.2 Å². The van der Waals surface area contributed by atoms with Crippen molar-refractivity contribution in [1.29, 1.82) is 0 Å². The molecule has 21 heavy (non-hydrogen) atoms. The average Bonchev–Trinajstić information content (AvgIpc) is 2.89. The zero-order valence-corrected chi connectivity index (χ0v) is 11.1. The number of aromatic nitrogens is 2. The lowest BCUT2D eigenvalue weighted by atomic mass is 10.2. The van der Waals surface area contributed by atoms with Crippen molar-refractivity contribution in [1.82, 2.24) is 15.0 Å². The van der Waals surface area contributed by atoms with E-state index < -0.39 is 12.1 Å². The standard InChI is InChI=1S/C12H11F3N4O2/c1-19(2)11(20)16-8-5-3-7(4-6-8)9-17-10(21-18-9)12(13,14)15/h3-6H,1-2H3,(H,16,20). The van der Waals surface area contributed by atoms with E-state index in [0.29, 0.717) is 11.3 Å². The van der Waals surface area contributed by atoms with Gasteiger partial charge in [0.05, 0.1) is 0 Å². The van der Waals surface area contributed by atoms with Crippen molar-refractivity contribution >= 4 is 11.7 Å². The van der Waals surface area contributed by atoms with Gasteiger partial charge in [-0.3, -0.25) is 0 Å². The maximum absolute atomic E-state index is 12.4. The summed E-state index contributed by atoms with van der Waals surface area (Å²) >= 11 is 0. The fourth-order valence-electron chi connectivity index (χ4n) is 1.39. The molecule has 2 aromatic rings. The first-order chi connectivity index (χ1) is 9.77. The molecule has 0 saturated carbocycles. The summed E-state index contributed by atoms with van der Waals surface area (Å²) in [4.78, 5) is 16.1. The molecule has 0 radical (unpaired) electrons. The van der Waals surface area contributed by atoms with Gasteiger partial charge in [-0.15, -0.1) is 0 Å². The Morgan fingerprint density at radius 2 is 1.86 bits per heavy atom. The maximum Gasteiger partial charge on any atom is 0.471 e. The quantitative estimate of drug-likeness (QED) is 0.925. The molecule has 0 fully saturated rings. The van der Waals surface area contributed by atoms with Gasteiger partial charge in [0.15, 0.2) is 0 Å². The Morgan fingerprint density at radius 3 is 2.33 bits per heavy atom. The molecule has 0 saturated heterocycles. The second kappa shape index (κ2) is 5.43. The smallest absolute Gasteiger partial charge is 0.331 e. The number of benzene rings is 1. The Kier molecular flexibility index (Phi) is 3.83. The van der Waals surface area contributed by atoms with Crippen molar-refractivity contribution in [2.24, 2.45) is 0 Å². The second-order valence-corrected chi connectivity index (χ2v) is 4.32. The summed E-state index contributed by atoms with van der Waals surface area (Å²) in [7, 11) is 3.17. The van der Waals surface area contributed by atoms with Gasteiger partial charge in [-0.2, -0.15) is 18.2 Å². The SMILES string of the molecule is CN(C)C(=O)Nc1ccc(-c2noc(C(F)(F)F)n2)cc1. The number of rotatable bonds is 2. The van der Waals surface area contributed by atoms with E-state index in [2.05, 4.69) is 20.0 Å². The van der Waals surface area contributed by atoms with Crippen molar-refractivity contribution < 1.29 is 22.5 Å². The fourth-order valence-corrected chi connectivity index (χ4v) is 1.39. The van der Waals surface area contributed by atoms with Crippen LogP contribution in [0.2, 0.25) is 0 Å². The maximum atomic E-state index is 12.4. The number of amides is 2. The Hall–Kier alpha value is -2.58. The van der Waals surface area contributed by atoms with Gasteiger partial charge in [-0.25, -0.2) is 4.79 Å². The third-order valence-corrected chi connectivity index (χ3v) is 2.47. The molecule has 112 valence electrons. The first-order valence-electron chi connectivity index (χ1n) is 5.77. The van der Waals surface area contributed by atoms with Gasteiger partial charge in [-0.05, 0) is 24.3 Å². The molecule has 0 spiro atoms. The number of carbonyl (C=O) groups is 1. The Labute approximate surface area is 117 Å². The molecule has 0 aliphatic rings. The number of anilines is 1. The lowest BCUT2D eigenvalue weighted by Crippen LogP contribution is -2.27. The molecule has 1 heterocycles. The highest BCUT2D eigenvalue weighted by Crippen LogP contribution is 2.29. The molecule has 2 rings (SSSR count). The van der Waals surface area contributed by atoms with Crippen molar-refractivity contribution in [3.63, 3.8) is 0 Å². The van der Waals surface area contributed by atoms with Crippen LogP contribution >= 0.6 is 0 Å². The normalized spacial score (nSPS) is 11.3. The molecule has 0 aliphatic carbocycles. The summed E-state index contributed by atoms with van der Waals surface area (Å²) in [5, 5.41) is 5.86. The zero-order valence-electron chi connectivity index (χ0n) is 11.1. The highest BCUT2D eigenvalue weighted by atomic mass is 19.4. The summed E-state index contributed by atoms with van der Waals surface area (Å²) in [5.74, 6) is -1.57. The van der Waals surface area contributed by atoms with Crippen molar-refractivity contribution in [3.8, 4) is 11.4 Å². The topological polar surface area (TPSA) is 71.3 Å². The van der Waals surface area contributed by atoms with E-state index in [-0.39, 0.29) is 11.9 Å². The molecular formula is C12H11F3N4O2. The minimum atomic E-state index is -4.68. The van der Waals surface area contributed by atoms with Crippen LogP contribution in [0.3, 0.4) is 0 Å². The number of urea groups is 1. The van der Waals surface area contributed by atoms with Gasteiger partial charge >= 0.3 is 18.1 Å². The van der Waals surface area contributed by atoms with E-state index in [4.69, 9.17) is 0 Å². The van der Waals surface area contributed by atoms with Crippen LogP contribution in [0.5, 0.6) is 0 Å². The molecule has 1 N–H and O–H groups in total. The first kappa shape index (κ1) is 14.8. The van der Waals surface area contributed by atoms with Gasteiger partial charge < -0.3 is 14.7 Å². The molecule has 0 aliphatic heterocycles. The summed E-state index contributed by atoms with van der Waals surface area (Å²) in [6.07, 6.45) is -4.68. The molecule has 0 atom stereocenters. The number of nitrogens with zero attached hydrogens (tertiary/aromatic N) is 3. The number of hydrogen-bond donors (Lipinski definition) is 1. The van der Waals surface area contributed by atoms with E-state index in [9.17, 15) is 18.0 Å². The average molecular weight is 300 g/mol. The Morgan fingerprint density at radius 1 is 1.24 bits per heavy atom. The lowest BCUT2D eigenvalue weighted by Gasteiger charge is -2.11. The predicted octanol–water partition coefficient (Wildman–Crippen LogP) is 2.85. The zero-order chi connectivity index (χ0) is 15.6. The number of halogens is 3. The molecule has 0 bridgehead atoms. The molecule has 1 aromatic carbocycles. The van der Waals surface area contributed by atoms with Gasteiger partial charge in [0.25, 0.3) is 0 Å². The van der Waals surface area contributed by atoms with Gasteiger partial charge in [-0.1, -0.05) is 5.16 Å². The van der Waals surface area contributed by atoms with Crippen LogP contribution in [-0.2, 0) is 6.18 Å². The monoisotopic (exact) mass is 300 g/mol. The fraction of sp³-hybridized carbons (Fsp3) is 0.250.